The van der Waals surface area contributed by atoms with Gasteiger partial charge in [-0.1, -0.05) is 29.8 Å². The molecule has 0 radical (unpaired) electrons. The van der Waals surface area contributed by atoms with Gasteiger partial charge in [-0.05, 0) is 65.8 Å². The van der Waals surface area contributed by atoms with Crippen molar-refractivity contribution in [2.75, 3.05) is 5.32 Å². The molecular weight excluding hydrogens is 413 g/mol. The lowest BCUT2D eigenvalue weighted by Crippen LogP contribution is -2.17. The number of nitrogens with one attached hydrogen (secondary N) is 2. The lowest BCUT2D eigenvalue weighted by molar-refractivity contribution is -0.112. The number of hydrogen-bond acceptors (Lipinski definition) is 3. The first-order valence-electron chi connectivity index (χ1n) is 7.46. The smallest absolute Gasteiger partial charge is 0.267 e. The molecule has 2 N–H and O–H groups in total. The Bertz CT molecular complexity index is 804. The van der Waals surface area contributed by atoms with Crippen LogP contribution in [0.5, 0.6) is 0 Å². The third-order valence-electron chi connectivity index (χ3n) is 3.47. The Labute approximate surface area is 155 Å². The molecule has 0 aliphatic rings. The van der Waals surface area contributed by atoms with E-state index in [-0.39, 0.29) is 5.57 Å². The molecule has 0 saturated carbocycles. The fourth-order valence-corrected chi connectivity index (χ4v) is 2.73. The van der Waals surface area contributed by atoms with Gasteiger partial charge in [0.15, 0.2) is 0 Å². The van der Waals surface area contributed by atoms with E-state index in [1.807, 2.05) is 62.4 Å². The fourth-order valence-electron chi connectivity index (χ4n) is 2.08. The number of carbonyl (C=O) groups excluding carboxylic acids is 1. The van der Waals surface area contributed by atoms with Crippen LogP contribution >= 0.6 is 22.6 Å². The van der Waals surface area contributed by atoms with E-state index in [4.69, 9.17) is 0 Å². The zero-order chi connectivity index (χ0) is 17.5. The maximum atomic E-state index is 12.2. The molecule has 0 aliphatic carbocycles. The predicted molar refractivity (Wildman–Crippen MR) is 104 cm³/mol. The van der Waals surface area contributed by atoms with Gasteiger partial charge in [-0.25, -0.2) is 0 Å². The van der Waals surface area contributed by atoms with Gasteiger partial charge in [0.2, 0.25) is 0 Å². The van der Waals surface area contributed by atoms with Crippen molar-refractivity contribution >= 4 is 34.2 Å². The van der Waals surface area contributed by atoms with Crippen molar-refractivity contribution in [3.63, 3.8) is 0 Å². The molecule has 0 spiro atoms. The van der Waals surface area contributed by atoms with E-state index in [0.717, 1.165) is 14.7 Å². The van der Waals surface area contributed by atoms with Gasteiger partial charge in [0.05, 0.1) is 0 Å². The highest BCUT2D eigenvalue weighted by atomic mass is 127. The summed E-state index contributed by atoms with van der Waals surface area (Å²) >= 11 is 2.22. The Morgan fingerprint density at radius 2 is 1.92 bits per heavy atom. The molecule has 0 aromatic heterocycles. The van der Waals surface area contributed by atoms with E-state index in [0.29, 0.717) is 12.2 Å². The minimum atomic E-state index is -0.418. The minimum Gasteiger partial charge on any atom is -0.386 e. The summed E-state index contributed by atoms with van der Waals surface area (Å²) in [6, 6.07) is 15.7. The SMILES string of the molecule is Cc1ccc(CN/C=C(/C#N)C(=O)Nc2ccc(I)cc2C)cc1. The van der Waals surface area contributed by atoms with Crippen molar-refractivity contribution < 1.29 is 4.79 Å². The van der Waals surface area contributed by atoms with Crippen molar-refractivity contribution in [3.05, 3.63) is 74.5 Å². The molecule has 2 aromatic rings. The molecular formula is C19H18IN3O. The molecule has 0 atom stereocenters. The van der Waals surface area contributed by atoms with Crippen molar-refractivity contribution in [2.24, 2.45) is 0 Å². The van der Waals surface area contributed by atoms with Crippen LogP contribution in [0.4, 0.5) is 5.69 Å². The summed E-state index contributed by atoms with van der Waals surface area (Å²) in [7, 11) is 0. The Balaban J connectivity index is 2.00. The summed E-state index contributed by atoms with van der Waals surface area (Å²) in [5, 5.41) is 15.0. The highest BCUT2D eigenvalue weighted by Crippen LogP contribution is 2.18. The topological polar surface area (TPSA) is 64.9 Å². The summed E-state index contributed by atoms with van der Waals surface area (Å²) in [6.07, 6.45) is 1.46. The number of nitrogens with zero attached hydrogens (tertiary/aromatic N) is 1. The maximum Gasteiger partial charge on any atom is 0.267 e. The molecule has 2 rings (SSSR count). The average molecular weight is 431 g/mol. The van der Waals surface area contributed by atoms with Crippen LogP contribution in [0.25, 0.3) is 0 Å². The zero-order valence-electron chi connectivity index (χ0n) is 13.6. The van der Waals surface area contributed by atoms with Gasteiger partial charge in [0.25, 0.3) is 5.91 Å². The number of aryl methyl sites for hydroxylation is 2. The second-order valence-corrected chi connectivity index (χ2v) is 6.70. The first kappa shape index (κ1) is 18.0. The van der Waals surface area contributed by atoms with Crippen LogP contribution in [-0.2, 0) is 11.3 Å². The second-order valence-electron chi connectivity index (χ2n) is 5.45. The second kappa shape index (κ2) is 8.50. The molecule has 122 valence electrons. The van der Waals surface area contributed by atoms with Gasteiger partial charge in [0.1, 0.15) is 11.6 Å². The summed E-state index contributed by atoms with van der Waals surface area (Å²) < 4.78 is 1.10. The summed E-state index contributed by atoms with van der Waals surface area (Å²) in [5.41, 5.74) is 3.99. The summed E-state index contributed by atoms with van der Waals surface area (Å²) in [5.74, 6) is -0.418. The van der Waals surface area contributed by atoms with Gasteiger partial charge in [-0.15, -0.1) is 0 Å². The number of amides is 1. The van der Waals surface area contributed by atoms with E-state index >= 15 is 0 Å². The Hall–Kier alpha value is -2.33. The first-order chi connectivity index (χ1) is 11.5. The molecule has 0 bridgehead atoms. The largest absolute Gasteiger partial charge is 0.386 e. The molecule has 0 saturated heterocycles. The number of carbonyl (C=O) groups is 1. The molecule has 0 heterocycles. The average Bonchev–Trinajstić information content (AvgIpc) is 2.56. The fraction of sp³-hybridized carbons (Fsp3) is 0.158. The molecule has 2 aromatic carbocycles. The summed E-state index contributed by atoms with van der Waals surface area (Å²) in [4.78, 5) is 12.2. The lowest BCUT2D eigenvalue weighted by atomic mass is 10.1. The lowest BCUT2D eigenvalue weighted by Gasteiger charge is -2.08. The number of nitriles is 1. The number of benzene rings is 2. The predicted octanol–water partition coefficient (Wildman–Crippen LogP) is 4.04. The molecule has 0 fully saturated rings. The number of anilines is 1. The van der Waals surface area contributed by atoms with E-state index < -0.39 is 5.91 Å². The number of rotatable bonds is 5. The van der Waals surface area contributed by atoms with E-state index in [1.165, 1.54) is 11.8 Å². The van der Waals surface area contributed by atoms with E-state index in [1.54, 1.807) is 0 Å². The Morgan fingerprint density at radius 3 is 2.54 bits per heavy atom. The highest BCUT2D eigenvalue weighted by Gasteiger charge is 2.10. The van der Waals surface area contributed by atoms with Gasteiger partial charge in [0, 0.05) is 22.0 Å². The maximum absolute atomic E-state index is 12.2. The standard InChI is InChI=1S/C19H18IN3O/c1-13-3-5-15(6-4-13)11-22-12-16(10-21)19(24)23-18-8-7-17(20)9-14(18)2/h3-9,12,22H,11H2,1-2H3,(H,23,24)/b16-12-. The van der Waals surface area contributed by atoms with Crippen molar-refractivity contribution in [2.45, 2.75) is 20.4 Å². The first-order valence-corrected chi connectivity index (χ1v) is 8.54. The third-order valence-corrected chi connectivity index (χ3v) is 4.15. The number of hydrogen-bond donors (Lipinski definition) is 2. The van der Waals surface area contributed by atoms with Crippen LogP contribution in [0.1, 0.15) is 16.7 Å². The highest BCUT2D eigenvalue weighted by molar-refractivity contribution is 14.1. The molecule has 5 heteroatoms. The Kier molecular flexibility index (Phi) is 6.38. The van der Waals surface area contributed by atoms with Crippen LogP contribution in [0.2, 0.25) is 0 Å². The summed E-state index contributed by atoms with van der Waals surface area (Å²) in [6.45, 7) is 4.51. The van der Waals surface area contributed by atoms with Gasteiger partial charge >= 0.3 is 0 Å². The zero-order valence-corrected chi connectivity index (χ0v) is 15.7. The van der Waals surface area contributed by atoms with Gasteiger partial charge in [-0.2, -0.15) is 5.26 Å². The van der Waals surface area contributed by atoms with Crippen LogP contribution in [0.15, 0.2) is 54.2 Å². The van der Waals surface area contributed by atoms with Gasteiger partial charge in [-0.3, -0.25) is 4.79 Å². The van der Waals surface area contributed by atoms with Gasteiger partial charge < -0.3 is 10.6 Å². The normalized spacial score (nSPS) is 10.8. The molecule has 4 nitrogen and oxygen atoms in total. The quantitative estimate of drug-likeness (QED) is 0.427. The number of halogens is 1. The van der Waals surface area contributed by atoms with Crippen LogP contribution < -0.4 is 10.6 Å². The van der Waals surface area contributed by atoms with Crippen LogP contribution in [-0.4, -0.2) is 5.91 Å². The molecule has 0 unspecified atom stereocenters. The molecule has 24 heavy (non-hydrogen) atoms. The third kappa shape index (κ3) is 5.10. The Morgan fingerprint density at radius 1 is 1.21 bits per heavy atom. The van der Waals surface area contributed by atoms with Crippen molar-refractivity contribution in [1.82, 2.24) is 5.32 Å². The molecule has 1 amide bonds. The van der Waals surface area contributed by atoms with Crippen molar-refractivity contribution in [3.8, 4) is 6.07 Å². The minimum absolute atomic E-state index is 0.0417. The van der Waals surface area contributed by atoms with E-state index in [9.17, 15) is 10.1 Å². The van der Waals surface area contributed by atoms with Crippen LogP contribution in [0, 0.1) is 28.7 Å². The van der Waals surface area contributed by atoms with E-state index in [2.05, 4.69) is 33.2 Å². The monoisotopic (exact) mass is 431 g/mol. The molecule has 0 aliphatic heterocycles. The van der Waals surface area contributed by atoms with Crippen LogP contribution in [0.3, 0.4) is 0 Å². The van der Waals surface area contributed by atoms with Crippen molar-refractivity contribution in [1.29, 1.82) is 5.26 Å².